The molecule has 2 N–H and O–H groups in total. The first-order valence-electron chi connectivity index (χ1n) is 6.38. The maximum atomic E-state index is 6.20. The summed E-state index contributed by atoms with van der Waals surface area (Å²) in [6.45, 7) is 0. The van der Waals surface area contributed by atoms with Gasteiger partial charge in [-0.3, -0.25) is 0 Å². The Hall–Kier alpha value is -1.31. The Morgan fingerprint density at radius 1 is 1.00 bits per heavy atom. The van der Waals surface area contributed by atoms with Gasteiger partial charge in [0, 0.05) is 11.1 Å². The van der Waals surface area contributed by atoms with E-state index in [1.54, 1.807) is 0 Å². The van der Waals surface area contributed by atoms with Crippen molar-refractivity contribution in [2.45, 2.75) is 25.3 Å². The first kappa shape index (κ1) is 11.8. The van der Waals surface area contributed by atoms with Crippen LogP contribution >= 0.6 is 11.6 Å². The van der Waals surface area contributed by atoms with E-state index in [-0.39, 0.29) is 6.04 Å². The lowest BCUT2D eigenvalue weighted by Gasteiger charge is -2.23. The van der Waals surface area contributed by atoms with Crippen LogP contribution in [-0.2, 0) is 6.42 Å². The lowest BCUT2D eigenvalue weighted by atomic mass is 9.86. The van der Waals surface area contributed by atoms with Gasteiger partial charge in [-0.15, -0.1) is 0 Å². The standard InChI is InChI=1S/C16H16ClN/c17-14-8-6-11(7-9-14)13-5-4-12-2-1-3-16(18)15(12)10-13/h4-10,16H,1-3,18H2. The van der Waals surface area contributed by atoms with Gasteiger partial charge in [0.15, 0.2) is 0 Å². The molecule has 1 nitrogen and oxygen atoms in total. The molecule has 1 aliphatic carbocycles. The van der Waals surface area contributed by atoms with Crippen molar-refractivity contribution in [3.63, 3.8) is 0 Å². The van der Waals surface area contributed by atoms with Gasteiger partial charge in [0.1, 0.15) is 0 Å². The monoisotopic (exact) mass is 257 g/mol. The number of fused-ring (bicyclic) bond motifs is 1. The quantitative estimate of drug-likeness (QED) is 0.808. The molecule has 0 spiro atoms. The Morgan fingerprint density at radius 2 is 1.72 bits per heavy atom. The van der Waals surface area contributed by atoms with Crippen molar-refractivity contribution in [3.8, 4) is 11.1 Å². The van der Waals surface area contributed by atoms with Gasteiger partial charge in [-0.05, 0) is 59.7 Å². The summed E-state index contributed by atoms with van der Waals surface area (Å²) in [6.07, 6.45) is 3.45. The lowest BCUT2D eigenvalue weighted by Crippen LogP contribution is -2.17. The third-order valence-electron chi connectivity index (χ3n) is 3.68. The van der Waals surface area contributed by atoms with Crippen LogP contribution < -0.4 is 5.73 Å². The van der Waals surface area contributed by atoms with Crippen molar-refractivity contribution in [3.05, 3.63) is 58.6 Å². The van der Waals surface area contributed by atoms with Crippen molar-refractivity contribution in [2.75, 3.05) is 0 Å². The van der Waals surface area contributed by atoms with Gasteiger partial charge >= 0.3 is 0 Å². The van der Waals surface area contributed by atoms with E-state index >= 15 is 0 Å². The average molecular weight is 258 g/mol. The summed E-state index contributed by atoms with van der Waals surface area (Å²) in [5.74, 6) is 0. The van der Waals surface area contributed by atoms with Crippen LogP contribution in [0.4, 0.5) is 0 Å². The largest absolute Gasteiger partial charge is 0.324 e. The van der Waals surface area contributed by atoms with E-state index in [9.17, 15) is 0 Å². The molecule has 0 fully saturated rings. The van der Waals surface area contributed by atoms with Crippen LogP contribution in [0.15, 0.2) is 42.5 Å². The summed E-state index contributed by atoms with van der Waals surface area (Å²) in [5, 5.41) is 0.772. The fourth-order valence-electron chi connectivity index (χ4n) is 2.66. The molecule has 1 atom stereocenters. The zero-order chi connectivity index (χ0) is 12.5. The molecule has 0 saturated carbocycles. The minimum Gasteiger partial charge on any atom is -0.324 e. The Bertz CT molecular complexity index is 560. The fraction of sp³-hybridized carbons (Fsp3) is 0.250. The molecule has 0 aromatic heterocycles. The molecular weight excluding hydrogens is 242 g/mol. The molecule has 0 saturated heterocycles. The minimum absolute atomic E-state index is 0.195. The highest BCUT2D eigenvalue weighted by Gasteiger charge is 2.17. The molecular formula is C16H16ClN. The smallest absolute Gasteiger partial charge is 0.0406 e. The third kappa shape index (κ3) is 2.16. The normalized spacial score (nSPS) is 18.4. The molecule has 0 heterocycles. The highest BCUT2D eigenvalue weighted by molar-refractivity contribution is 6.30. The number of hydrogen-bond acceptors (Lipinski definition) is 1. The molecule has 2 aromatic carbocycles. The predicted molar refractivity (Wildman–Crippen MR) is 76.8 cm³/mol. The molecule has 18 heavy (non-hydrogen) atoms. The second kappa shape index (κ2) is 4.75. The van der Waals surface area contributed by atoms with Crippen LogP contribution in [0, 0.1) is 0 Å². The lowest BCUT2D eigenvalue weighted by molar-refractivity contribution is 0.571. The predicted octanol–water partition coefficient (Wildman–Crippen LogP) is 4.34. The molecule has 2 heteroatoms. The molecule has 2 aromatic rings. The van der Waals surface area contributed by atoms with E-state index in [2.05, 4.69) is 30.3 Å². The molecule has 1 aliphatic rings. The summed E-state index contributed by atoms with van der Waals surface area (Å²) < 4.78 is 0. The number of rotatable bonds is 1. The van der Waals surface area contributed by atoms with E-state index in [4.69, 9.17) is 17.3 Å². The topological polar surface area (TPSA) is 26.0 Å². The summed E-state index contributed by atoms with van der Waals surface area (Å²) in [5.41, 5.74) is 11.3. The summed E-state index contributed by atoms with van der Waals surface area (Å²) in [7, 11) is 0. The molecule has 0 amide bonds. The van der Waals surface area contributed by atoms with E-state index in [1.807, 2.05) is 12.1 Å². The van der Waals surface area contributed by atoms with Gasteiger partial charge in [-0.25, -0.2) is 0 Å². The number of benzene rings is 2. The number of nitrogens with two attached hydrogens (primary N) is 1. The van der Waals surface area contributed by atoms with Gasteiger partial charge in [0.2, 0.25) is 0 Å². The minimum atomic E-state index is 0.195. The van der Waals surface area contributed by atoms with E-state index < -0.39 is 0 Å². The third-order valence-corrected chi connectivity index (χ3v) is 3.94. The first-order valence-corrected chi connectivity index (χ1v) is 6.76. The second-order valence-electron chi connectivity index (χ2n) is 4.92. The molecule has 1 unspecified atom stereocenters. The Kier molecular flexibility index (Phi) is 3.11. The molecule has 0 aliphatic heterocycles. The zero-order valence-corrected chi connectivity index (χ0v) is 11.0. The van der Waals surface area contributed by atoms with Gasteiger partial charge in [0.25, 0.3) is 0 Å². The number of halogens is 1. The van der Waals surface area contributed by atoms with Crippen molar-refractivity contribution >= 4 is 11.6 Å². The number of aryl methyl sites for hydroxylation is 1. The summed E-state index contributed by atoms with van der Waals surface area (Å²) in [6, 6.07) is 14.8. The first-order chi connectivity index (χ1) is 8.74. The highest BCUT2D eigenvalue weighted by atomic mass is 35.5. The molecule has 3 rings (SSSR count). The highest BCUT2D eigenvalue weighted by Crippen LogP contribution is 2.32. The van der Waals surface area contributed by atoms with Gasteiger partial charge < -0.3 is 5.73 Å². The maximum absolute atomic E-state index is 6.20. The Labute approximate surface area is 113 Å². The second-order valence-corrected chi connectivity index (χ2v) is 5.36. The van der Waals surface area contributed by atoms with Crippen LogP contribution in [0.3, 0.4) is 0 Å². The number of hydrogen-bond donors (Lipinski definition) is 1. The van der Waals surface area contributed by atoms with E-state index in [0.717, 1.165) is 17.9 Å². The molecule has 92 valence electrons. The molecule has 0 radical (unpaired) electrons. The van der Waals surface area contributed by atoms with Crippen LogP contribution in [0.1, 0.15) is 30.0 Å². The van der Waals surface area contributed by atoms with Crippen molar-refractivity contribution < 1.29 is 0 Å². The SMILES string of the molecule is NC1CCCc2ccc(-c3ccc(Cl)cc3)cc21. The van der Waals surface area contributed by atoms with Crippen molar-refractivity contribution in [2.24, 2.45) is 5.73 Å². The van der Waals surface area contributed by atoms with Crippen LogP contribution in [-0.4, -0.2) is 0 Å². The summed E-state index contributed by atoms with van der Waals surface area (Å²) >= 11 is 5.92. The Balaban J connectivity index is 2.03. The van der Waals surface area contributed by atoms with Crippen LogP contribution in [0.5, 0.6) is 0 Å². The Morgan fingerprint density at radius 3 is 2.50 bits per heavy atom. The van der Waals surface area contributed by atoms with Gasteiger partial charge in [0.05, 0.1) is 0 Å². The van der Waals surface area contributed by atoms with Crippen molar-refractivity contribution in [1.29, 1.82) is 0 Å². The van der Waals surface area contributed by atoms with Gasteiger partial charge in [-0.1, -0.05) is 35.9 Å². The average Bonchev–Trinajstić information content (AvgIpc) is 2.40. The van der Waals surface area contributed by atoms with Crippen molar-refractivity contribution in [1.82, 2.24) is 0 Å². The van der Waals surface area contributed by atoms with Crippen LogP contribution in [0.2, 0.25) is 5.02 Å². The van der Waals surface area contributed by atoms with E-state index in [1.165, 1.54) is 28.7 Å². The fourth-order valence-corrected chi connectivity index (χ4v) is 2.78. The molecule has 0 bridgehead atoms. The van der Waals surface area contributed by atoms with E-state index in [0.29, 0.717) is 0 Å². The van der Waals surface area contributed by atoms with Crippen LogP contribution in [0.25, 0.3) is 11.1 Å². The summed E-state index contributed by atoms with van der Waals surface area (Å²) in [4.78, 5) is 0. The van der Waals surface area contributed by atoms with Gasteiger partial charge in [-0.2, -0.15) is 0 Å². The maximum Gasteiger partial charge on any atom is 0.0406 e. The zero-order valence-electron chi connectivity index (χ0n) is 10.2.